The fourth-order valence-corrected chi connectivity index (χ4v) is 7.52. The Bertz CT molecular complexity index is 1870. The third-order valence-electron chi connectivity index (χ3n) is 10.3. The molecule has 0 radical (unpaired) electrons. The molecular formula is C38H40N8. The van der Waals surface area contributed by atoms with E-state index in [2.05, 4.69) is 101 Å². The van der Waals surface area contributed by atoms with Crippen LogP contribution in [0.5, 0.6) is 0 Å². The number of anilines is 2. The monoisotopic (exact) mass is 608 g/mol. The Hall–Kier alpha value is -4.72. The van der Waals surface area contributed by atoms with Gasteiger partial charge in [-0.05, 0) is 110 Å². The van der Waals surface area contributed by atoms with E-state index < -0.39 is 0 Å². The Kier molecular flexibility index (Phi) is 6.94. The van der Waals surface area contributed by atoms with E-state index >= 15 is 0 Å². The summed E-state index contributed by atoms with van der Waals surface area (Å²) in [6.45, 7) is 0. The van der Waals surface area contributed by atoms with Crippen LogP contribution in [0.25, 0.3) is 22.1 Å². The van der Waals surface area contributed by atoms with Crippen molar-refractivity contribution in [3.63, 3.8) is 0 Å². The zero-order chi connectivity index (χ0) is 30.5. The molecule has 0 spiro atoms. The van der Waals surface area contributed by atoms with Gasteiger partial charge in [0, 0.05) is 11.4 Å². The van der Waals surface area contributed by atoms with Gasteiger partial charge >= 0.3 is 0 Å². The summed E-state index contributed by atoms with van der Waals surface area (Å²) in [6, 6.07) is 22.7. The lowest BCUT2D eigenvalue weighted by molar-refractivity contribution is 0.599. The molecule has 4 heterocycles. The molecule has 4 aliphatic carbocycles. The molecule has 8 nitrogen and oxygen atoms in total. The second kappa shape index (κ2) is 11.6. The molecule has 0 unspecified atom stereocenters. The molecule has 0 aliphatic heterocycles. The molecule has 232 valence electrons. The number of H-pyrrole nitrogens is 2. The molecule has 2 saturated carbocycles. The number of aromatic amines is 2. The molecule has 4 N–H and O–H groups in total. The molecule has 0 amide bonds. The summed E-state index contributed by atoms with van der Waals surface area (Å²) in [7, 11) is 0. The Morgan fingerprint density at radius 2 is 1.00 bits per heavy atom. The van der Waals surface area contributed by atoms with Gasteiger partial charge in [-0.2, -0.15) is 0 Å². The molecule has 2 atom stereocenters. The van der Waals surface area contributed by atoms with Crippen LogP contribution < -0.4 is 10.6 Å². The van der Waals surface area contributed by atoms with E-state index in [0.717, 1.165) is 46.5 Å². The van der Waals surface area contributed by atoms with Crippen LogP contribution in [0.1, 0.15) is 109 Å². The number of nitrogens with zero attached hydrogens (tertiary/aromatic N) is 4. The normalized spacial score (nSPS) is 20.4. The second-order valence-corrected chi connectivity index (χ2v) is 13.5. The summed E-state index contributed by atoms with van der Waals surface area (Å²) in [5, 5.41) is 9.61. The molecule has 2 fully saturated rings. The van der Waals surface area contributed by atoms with E-state index in [0.29, 0.717) is 23.9 Å². The van der Waals surface area contributed by atoms with Crippen molar-refractivity contribution in [3.8, 4) is 0 Å². The second-order valence-electron chi connectivity index (χ2n) is 13.5. The van der Waals surface area contributed by atoms with E-state index in [1.165, 1.54) is 85.0 Å². The van der Waals surface area contributed by atoms with Crippen LogP contribution >= 0.6 is 0 Å². The van der Waals surface area contributed by atoms with Gasteiger partial charge in [0.1, 0.15) is 35.6 Å². The van der Waals surface area contributed by atoms with Gasteiger partial charge in [-0.25, -0.2) is 19.9 Å². The fraction of sp³-hybridized carbons (Fsp3) is 0.368. The van der Waals surface area contributed by atoms with Crippen molar-refractivity contribution in [2.24, 2.45) is 0 Å². The zero-order valence-electron chi connectivity index (χ0n) is 26.1. The van der Waals surface area contributed by atoms with Gasteiger partial charge in [0.05, 0.1) is 22.9 Å². The largest absolute Gasteiger partial charge is 0.363 e. The first kappa shape index (κ1) is 27.6. The maximum absolute atomic E-state index is 4.52. The van der Waals surface area contributed by atoms with Gasteiger partial charge in [-0.3, -0.25) is 0 Å². The molecule has 10 rings (SSSR count). The van der Waals surface area contributed by atoms with Gasteiger partial charge in [0.2, 0.25) is 0 Å². The van der Waals surface area contributed by atoms with Gasteiger partial charge in [-0.1, -0.05) is 48.5 Å². The zero-order valence-corrected chi connectivity index (χ0v) is 26.1. The number of fused-ring (bicyclic) bond motifs is 4. The molecule has 0 bridgehead atoms. The van der Waals surface area contributed by atoms with E-state index in [4.69, 9.17) is 0 Å². The topological polar surface area (TPSA) is 107 Å². The average molecular weight is 609 g/mol. The van der Waals surface area contributed by atoms with Crippen LogP contribution in [-0.2, 0) is 12.8 Å². The first-order valence-corrected chi connectivity index (χ1v) is 17.1. The standard InChI is InChI=1S/2C19H20N4/c2*1-2-6-14-12(4-1)5-3-7-16(14)22-18-15-10-17(13-8-9-13)23-19(15)21-11-20-18/h2*1-2,4,6,10-11,13,16H,3,5,7-9H2,(H2,20,21,22,23)/t2*16-/m10/s1. The first-order valence-electron chi connectivity index (χ1n) is 17.1. The fourth-order valence-electron chi connectivity index (χ4n) is 7.52. The molecule has 0 saturated heterocycles. The molecule has 8 heteroatoms. The lowest BCUT2D eigenvalue weighted by atomic mass is 9.88. The van der Waals surface area contributed by atoms with Crippen LogP contribution in [0.3, 0.4) is 0 Å². The van der Waals surface area contributed by atoms with Gasteiger partial charge < -0.3 is 20.6 Å². The van der Waals surface area contributed by atoms with Crippen molar-refractivity contribution >= 4 is 33.7 Å². The molecule has 4 aromatic heterocycles. The highest BCUT2D eigenvalue weighted by Crippen LogP contribution is 2.43. The summed E-state index contributed by atoms with van der Waals surface area (Å²) in [6.07, 6.45) is 15.6. The minimum atomic E-state index is 0.345. The van der Waals surface area contributed by atoms with Crippen LogP contribution in [-0.4, -0.2) is 29.9 Å². The van der Waals surface area contributed by atoms with Gasteiger partial charge in [-0.15, -0.1) is 0 Å². The van der Waals surface area contributed by atoms with Crippen LogP contribution in [0.2, 0.25) is 0 Å². The van der Waals surface area contributed by atoms with E-state index in [1.54, 1.807) is 12.7 Å². The summed E-state index contributed by atoms with van der Waals surface area (Å²) in [4.78, 5) is 24.8. The van der Waals surface area contributed by atoms with Gasteiger partial charge in [0.25, 0.3) is 0 Å². The molecule has 46 heavy (non-hydrogen) atoms. The van der Waals surface area contributed by atoms with Crippen LogP contribution in [0.4, 0.5) is 11.6 Å². The van der Waals surface area contributed by atoms with Crippen molar-refractivity contribution in [3.05, 3.63) is 107 Å². The lowest BCUT2D eigenvalue weighted by Crippen LogP contribution is -2.18. The van der Waals surface area contributed by atoms with Crippen LogP contribution in [0.15, 0.2) is 73.3 Å². The Balaban J connectivity index is 0.000000127. The van der Waals surface area contributed by atoms with Crippen LogP contribution in [0, 0.1) is 0 Å². The number of nitrogens with one attached hydrogen (secondary N) is 4. The summed E-state index contributed by atoms with van der Waals surface area (Å²) >= 11 is 0. The van der Waals surface area contributed by atoms with Crippen molar-refractivity contribution in [2.75, 3.05) is 10.6 Å². The molecule has 6 aromatic rings. The number of hydrogen-bond donors (Lipinski definition) is 4. The highest BCUT2D eigenvalue weighted by Gasteiger charge is 2.28. The average Bonchev–Trinajstić information content (AvgIpc) is 4.04. The molecule has 2 aromatic carbocycles. The summed E-state index contributed by atoms with van der Waals surface area (Å²) in [5.74, 6) is 3.32. The van der Waals surface area contributed by atoms with E-state index in [-0.39, 0.29) is 0 Å². The van der Waals surface area contributed by atoms with Gasteiger partial charge in [0.15, 0.2) is 0 Å². The minimum absolute atomic E-state index is 0.345. The predicted octanol–water partition coefficient (Wildman–Crippen LogP) is 8.65. The number of benzene rings is 2. The van der Waals surface area contributed by atoms with Crippen molar-refractivity contribution in [2.45, 2.75) is 88.1 Å². The minimum Gasteiger partial charge on any atom is -0.363 e. The highest BCUT2D eigenvalue weighted by atomic mass is 15.1. The number of aryl methyl sites for hydroxylation is 2. The number of aromatic nitrogens is 6. The Labute approximate surface area is 268 Å². The highest BCUT2D eigenvalue weighted by molar-refractivity contribution is 5.89. The summed E-state index contributed by atoms with van der Waals surface area (Å²) in [5.41, 5.74) is 10.3. The smallest absolute Gasteiger partial charge is 0.143 e. The maximum Gasteiger partial charge on any atom is 0.143 e. The number of hydrogen-bond acceptors (Lipinski definition) is 6. The lowest BCUT2D eigenvalue weighted by Gasteiger charge is -2.26. The summed E-state index contributed by atoms with van der Waals surface area (Å²) < 4.78 is 0. The predicted molar refractivity (Wildman–Crippen MR) is 183 cm³/mol. The van der Waals surface area contributed by atoms with E-state index in [1.807, 2.05) is 0 Å². The van der Waals surface area contributed by atoms with Crippen molar-refractivity contribution < 1.29 is 0 Å². The Morgan fingerprint density at radius 3 is 1.46 bits per heavy atom. The van der Waals surface area contributed by atoms with E-state index in [9.17, 15) is 0 Å². The Morgan fingerprint density at radius 1 is 0.543 bits per heavy atom. The third kappa shape index (κ3) is 5.40. The molecular weight excluding hydrogens is 568 g/mol. The molecule has 4 aliphatic rings. The van der Waals surface area contributed by atoms with Crippen molar-refractivity contribution in [1.82, 2.24) is 29.9 Å². The first-order chi connectivity index (χ1) is 22.8. The number of rotatable bonds is 6. The third-order valence-corrected chi connectivity index (χ3v) is 10.3. The van der Waals surface area contributed by atoms with Crippen molar-refractivity contribution in [1.29, 1.82) is 0 Å². The quantitative estimate of drug-likeness (QED) is 0.151. The SMILES string of the molecule is c1ccc2c(c1)CCC[C@@H]2Nc1ncnc2[nH]c(C3CC3)cc12.c1ccc2c(c1)CCC[C@H]2Nc1ncnc2[nH]c(C3CC3)cc12. The maximum atomic E-state index is 4.52.